The average Bonchev–Trinajstić information content (AvgIpc) is 3.40. The molecule has 3 heterocycles. The second-order valence-electron chi connectivity index (χ2n) is 10.8. The highest BCUT2D eigenvalue weighted by molar-refractivity contribution is 7.71. The fourth-order valence-corrected chi connectivity index (χ4v) is 9.94. The lowest BCUT2D eigenvalue weighted by Crippen LogP contribution is -2.38. The van der Waals surface area contributed by atoms with Crippen LogP contribution in [0.5, 0.6) is 0 Å². The van der Waals surface area contributed by atoms with E-state index in [2.05, 4.69) is 128 Å². The second kappa shape index (κ2) is 9.53. The molecular weight excluding hydrogens is 489 g/mol. The number of likely N-dealkylation sites (N-methyl/N-ethyl adjacent to an activating group) is 1. The summed E-state index contributed by atoms with van der Waals surface area (Å²) in [6.45, 7) is 12.0. The molecule has 6 rings (SSSR count). The fourth-order valence-electron chi connectivity index (χ4n) is 6.07. The summed E-state index contributed by atoms with van der Waals surface area (Å²) >= 11 is 0. The van der Waals surface area contributed by atoms with Crippen LogP contribution < -0.4 is 9.68 Å². The number of hydrogen-bond acceptors (Lipinski definition) is 4. The van der Waals surface area contributed by atoms with E-state index >= 15 is 0 Å². The highest BCUT2D eigenvalue weighted by atomic mass is 31.2. The molecule has 0 aliphatic carbocycles. The van der Waals surface area contributed by atoms with Gasteiger partial charge >= 0.3 is 0 Å². The molecular formula is C31H36N5OP. The van der Waals surface area contributed by atoms with Crippen LogP contribution in [0.15, 0.2) is 93.7 Å². The first-order valence-corrected chi connectivity index (χ1v) is 15.0. The van der Waals surface area contributed by atoms with Crippen molar-refractivity contribution < 1.29 is 4.74 Å². The summed E-state index contributed by atoms with van der Waals surface area (Å²) in [4.78, 5) is 2.37. The lowest BCUT2D eigenvalue weighted by atomic mass is 9.84. The van der Waals surface area contributed by atoms with Crippen molar-refractivity contribution in [1.82, 2.24) is 4.67 Å². The lowest BCUT2D eigenvalue weighted by molar-refractivity contribution is 0.0743. The van der Waals surface area contributed by atoms with Gasteiger partial charge in [0.1, 0.15) is 0 Å². The van der Waals surface area contributed by atoms with Gasteiger partial charge in [-0.05, 0) is 54.8 Å². The molecule has 1 unspecified atom stereocenters. The van der Waals surface area contributed by atoms with Crippen LogP contribution in [0.25, 0.3) is 0 Å². The molecule has 0 saturated carbocycles. The Hall–Kier alpha value is -3.18. The van der Waals surface area contributed by atoms with Gasteiger partial charge in [-0.15, -0.1) is 0 Å². The smallest absolute Gasteiger partial charge is 0.180 e. The molecule has 3 aliphatic rings. The Balaban J connectivity index is 1.71. The van der Waals surface area contributed by atoms with Gasteiger partial charge in [-0.2, -0.15) is 5.10 Å². The van der Waals surface area contributed by atoms with Crippen molar-refractivity contribution in [2.75, 3.05) is 43.0 Å². The van der Waals surface area contributed by atoms with Crippen molar-refractivity contribution in [1.29, 1.82) is 0 Å². The van der Waals surface area contributed by atoms with E-state index in [1.807, 2.05) is 0 Å². The number of anilines is 2. The number of allylic oxidation sites excluding steroid dienone is 2. The molecule has 0 amide bonds. The first-order valence-electron chi connectivity index (χ1n) is 13.4. The fraction of sp³-hybridized carbons (Fsp3) is 0.323. The van der Waals surface area contributed by atoms with E-state index in [1.165, 1.54) is 33.4 Å². The second-order valence-corrected chi connectivity index (χ2v) is 13.5. The van der Waals surface area contributed by atoms with E-state index < -0.39 is 7.36 Å². The minimum absolute atomic E-state index is 0.200. The van der Waals surface area contributed by atoms with E-state index in [0.29, 0.717) is 13.2 Å². The molecule has 1 fully saturated rings. The van der Waals surface area contributed by atoms with Gasteiger partial charge in [-0.1, -0.05) is 62.4 Å². The Morgan fingerprint density at radius 2 is 1.61 bits per heavy atom. The van der Waals surface area contributed by atoms with Gasteiger partial charge in [0.2, 0.25) is 0 Å². The third kappa shape index (κ3) is 3.78. The molecule has 3 aliphatic heterocycles. The van der Waals surface area contributed by atoms with Crippen molar-refractivity contribution in [3.8, 4) is 0 Å². The monoisotopic (exact) mass is 525 g/mol. The number of nitrogens with zero attached hydrogens (tertiary/aromatic N) is 5. The van der Waals surface area contributed by atoms with Crippen molar-refractivity contribution in [2.45, 2.75) is 33.1 Å². The minimum Gasteiger partial charge on any atom is -0.379 e. The van der Waals surface area contributed by atoms with E-state index in [1.54, 1.807) is 0 Å². The number of ether oxygens (including phenoxy) is 1. The summed E-state index contributed by atoms with van der Waals surface area (Å²) in [6.07, 6.45) is 2.10. The van der Waals surface area contributed by atoms with Crippen molar-refractivity contribution in [3.05, 3.63) is 100 Å². The molecule has 1 saturated heterocycles. The molecule has 196 valence electrons. The zero-order valence-corrected chi connectivity index (χ0v) is 23.8. The number of fused-ring (bicyclic) bond motifs is 1. The topological polar surface area (TPSA) is 43.7 Å². The van der Waals surface area contributed by atoms with Crippen molar-refractivity contribution in [3.63, 3.8) is 0 Å². The maximum atomic E-state index is 5.86. The van der Waals surface area contributed by atoms with E-state index in [4.69, 9.17) is 14.6 Å². The van der Waals surface area contributed by atoms with Gasteiger partial charge in [-0.3, -0.25) is 0 Å². The summed E-state index contributed by atoms with van der Waals surface area (Å²) in [5.41, 5.74) is 8.21. The third-order valence-electron chi connectivity index (χ3n) is 8.18. The number of benzene rings is 3. The standard InChI is InChI=1S/C31H36N5OP/c1-23-12-11-16-27(24(23)2)33-38(35-18-20-37-21-19-35)29(22-32-36(38)25-13-7-6-8-14-25)30-31(3,4)26-15-9-10-17-28(26)34(30)5/h6-17,22H,18-21H2,1-5H3/b30-29-. The average molecular weight is 526 g/mol. The van der Waals surface area contributed by atoms with E-state index in [9.17, 15) is 0 Å². The maximum absolute atomic E-state index is 5.86. The van der Waals surface area contributed by atoms with Crippen LogP contribution in [0.2, 0.25) is 0 Å². The predicted octanol–water partition coefficient (Wildman–Crippen LogP) is 7.44. The lowest BCUT2D eigenvalue weighted by Gasteiger charge is -2.43. The molecule has 0 spiro atoms. The van der Waals surface area contributed by atoms with E-state index in [0.717, 1.165) is 24.5 Å². The summed E-state index contributed by atoms with van der Waals surface area (Å²) in [5.74, 6) is 0. The largest absolute Gasteiger partial charge is 0.379 e. The van der Waals surface area contributed by atoms with Gasteiger partial charge in [0, 0.05) is 36.9 Å². The Bertz CT molecular complexity index is 1490. The van der Waals surface area contributed by atoms with Gasteiger partial charge < -0.3 is 9.64 Å². The van der Waals surface area contributed by atoms with Crippen LogP contribution in [0, 0.1) is 13.8 Å². The first kappa shape index (κ1) is 25.1. The normalized spacial score (nSPS) is 24.7. The molecule has 38 heavy (non-hydrogen) atoms. The highest BCUT2D eigenvalue weighted by Crippen LogP contribution is 2.70. The number of aryl methyl sites for hydroxylation is 1. The van der Waals surface area contributed by atoms with Crippen LogP contribution in [-0.4, -0.2) is 44.2 Å². The van der Waals surface area contributed by atoms with Gasteiger partial charge in [0.05, 0.1) is 36.1 Å². The Labute approximate surface area is 226 Å². The SMILES string of the molecule is Cc1cccc(N=P2(N3CCOCC3)/C(=C3\N(C)c4ccccc4C3(C)C)C=NN2c2ccccc2)c1C. The molecule has 0 aromatic heterocycles. The van der Waals surface area contributed by atoms with Crippen LogP contribution in [-0.2, 0) is 10.2 Å². The van der Waals surface area contributed by atoms with Crippen molar-refractivity contribution in [2.24, 2.45) is 9.85 Å². The number of hydrazone groups is 1. The molecule has 3 aromatic carbocycles. The van der Waals surface area contributed by atoms with Gasteiger partial charge in [0.15, 0.2) is 7.36 Å². The quantitative estimate of drug-likeness (QED) is 0.333. The summed E-state index contributed by atoms with van der Waals surface area (Å²) in [5, 5.41) is 6.38. The summed E-state index contributed by atoms with van der Waals surface area (Å²) < 4.78 is 16.5. The summed E-state index contributed by atoms with van der Waals surface area (Å²) in [6, 6.07) is 25.7. The maximum Gasteiger partial charge on any atom is 0.180 e. The number of para-hydroxylation sites is 2. The van der Waals surface area contributed by atoms with Crippen LogP contribution in [0.3, 0.4) is 0 Å². The zero-order chi connectivity index (χ0) is 26.5. The van der Waals surface area contributed by atoms with Gasteiger partial charge in [0.25, 0.3) is 0 Å². The minimum atomic E-state index is -2.60. The Kier molecular flexibility index (Phi) is 6.30. The van der Waals surface area contributed by atoms with Crippen molar-refractivity contribution >= 4 is 30.6 Å². The van der Waals surface area contributed by atoms with Crippen LogP contribution >= 0.6 is 7.36 Å². The molecule has 1 atom stereocenters. The number of morpholine rings is 1. The molecule has 0 bridgehead atoms. The highest BCUT2D eigenvalue weighted by Gasteiger charge is 2.50. The third-order valence-corrected chi connectivity index (χ3v) is 11.7. The predicted molar refractivity (Wildman–Crippen MR) is 160 cm³/mol. The number of rotatable bonds is 3. The summed E-state index contributed by atoms with van der Waals surface area (Å²) in [7, 11) is -0.405. The molecule has 3 aromatic rings. The van der Waals surface area contributed by atoms with Crippen LogP contribution in [0.4, 0.5) is 17.1 Å². The molecule has 7 heteroatoms. The van der Waals surface area contributed by atoms with Gasteiger partial charge in [-0.25, -0.2) is 14.2 Å². The number of hydrogen-bond donors (Lipinski definition) is 0. The first-order chi connectivity index (χ1) is 18.4. The van der Waals surface area contributed by atoms with E-state index in [-0.39, 0.29) is 5.41 Å². The molecule has 0 N–H and O–H groups in total. The zero-order valence-electron chi connectivity index (χ0n) is 22.9. The molecule has 0 radical (unpaired) electrons. The molecule has 6 nitrogen and oxygen atoms in total. The van der Waals surface area contributed by atoms with Crippen LogP contribution in [0.1, 0.15) is 30.5 Å². The Morgan fingerprint density at radius 3 is 2.34 bits per heavy atom. The Morgan fingerprint density at radius 1 is 0.895 bits per heavy atom.